The lowest BCUT2D eigenvalue weighted by Crippen LogP contribution is -2.59. The largest absolute Gasteiger partial charge is 0.486 e. The topological polar surface area (TPSA) is 145 Å². The molecule has 204 valence electrons. The molecule has 0 spiro atoms. The number of pyridine rings is 1. The summed E-state index contributed by atoms with van der Waals surface area (Å²) in [5.74, 6) is -0.572. The SMILES string of the molecule is CO[C@@H]1O[C@H](COC(=O)c2cc(Cl)c(OCc3ccncc3)c(Cl)c2)[C@@H](O)[C@H](O)[C@H]1O.O=CC(F)(F)F. The second-order valence-corrected chi connectivity index (χ2v) is 8.24. The first-order valence-electron chi connectivity index (χ1n) is 10.3. The van der Waals surface area contributed by atoms with Crippen molar-refractivity contribution in [2.24, 2.45) is 0 Å². The molecule has 1 aromatic heterocycles. The van der Waals surface area contributed by atoms with Crippen molar-refractivity contribution < 1.29 is 57.0 Å². The van der Waals surface area contributed by atoms with E-state index in [2.05, 4.69) is 4.98 Å². The van der Waals surface area contributed by atoms with E-state index in [-0.39, 0.29) is 28.0 Å². The van der Waals surface area contributed by atoms with Crippen molar-refractivity contribution in [3.8, 4) is 5.75 Å². The number of nitrogens with zero attached hydrogens (tertiary/aromatic N) is 1. The van der Waals surface area contributed by atoms with Crippen molar-refractivity contribution in [2.75, 3.05) is 13.7 Å². The highest BCUT2D eigenvalue weighted by Gasteiger charge is 2.44. The first-order chi connectivity index (χ1) is 17.4. The fourth-order valence-electron chi connectivity index (χ4n) is 2.94. The van der Waals surface area contributed by atoms with E-state index in [9.17, 15) is 33.3 Å². The molecule has 0 bridgehead atoms. The quantitative estimate of drug-likeness (QED) is 0.334. The number of carbonyl (C=O) groups excluding carboxylic acids is 2. The van der Waals surface area contributed by atoms with Gasteiger partial charge in [-0.25, -0.2) is 4.79 Å². The Morgan fingerprint density at radius 3 is 2.19 bits per heavy atom. The molecule has 1 aromatic carbocycles. The lowest BCUT2D eigenvalue weighted by molar-refractivity contribution is -0.294. The van der Waals surface area contributed by atoms with Crippen molar-refractivity contribution in [1.82, 2.24) is 4.98 Å². The lowest BCUT2D eigenvalue weighted by atomic mass is 9.99. The number of carbonyl (C=O) groups is 2. The van der Waals surface area contributed by atoms with Crippen molar-refractivity contribution in [2.45, 2.75) is 43.5 Å². The van der Waals surface area contributed by atoms with E-state index in [0.29, 0.717) is 0 Å². The molecule has 1 aliphatic rings. The highest BCUT2D eigenvalue weighted by Crippen LogP contribution is 2.35. The molecule has 1 saturated heterocycles. The Bertz CT molecular complexity index is 1020. The Balaban J connectivity index is 0.000000717. The second kappa shape index (κ2) is 13.9. The Morgan fingerprint density at radius 1 is 1.11 bits per heavy atom. The first-order valence-corrected chi connectivity index (χ1v) is 11.1. The molecular formula is C22H22Cl2F3NO9. The van der Waals surface area contributed by atoms with E-state index < -0.39 is 55.7 Å². The maximum Gasteiger partial charge on any atom is 0.446 e. The van der Waals surface area contributed by atoms with Crippen LogP contribution in [0.25, 0.3) is 0 Å². The summed E-state index contributed by atoms with van der Waals surface area (Å²) in [7, 11) is 1.27. The highest BCUT2D eigenvalue weighted by atomic mass is 35.5. The van der Waals surface area contributed by atoms with Gasteiger partial charge in [0.05, 0.1) is 15.6 Å². The summed E-state index contributed by atoms with van der Waals surface area (Å²) in [5.41, 5.74) is 0.916. The van der Waals surface area contributed by atoms with Crippen LogP contribution in [0.1, 0.15) is 15.9 Å². The Labute approximate surface area is 218 Å². The predicted octanol–water partition coefficient (Wildman–Crippen LogP) is 2.33. The first kappa shape index (κ1) is 30.7. The summed E-state index contributed by atoms with van der Waals surface area (Å²) < 4.78 is 52.3. The normalized spacial score (nSPS) is 23.4. The average molecular weight is 572 g/mol. The van der Waals surface area contributed by atoms with Crippen LogP contribution in [0.3, 0.4) is 0 Å². The zero-order chi connectivity index (χ0) is 27.8. The van der Waals surface area contributed by atoms with Crippen molar-refractivity contribution >= 4 is 35.5 Å². The van der Waals surface area contributed by atoms with E-state index in [1.54, 1.807) is 24.5 Å². The molecular weight excluding hydrogens is 550 g/mol. The number of methoxy groups -OCH3 is 1. The van der Waals surface area contributed by atoms with Gasteiger partial charge in [-0.2, -0.15) is 13.2 Å². The minimum atomic E-state index is -4.64. The predicted molar refractivity (Wildman–Crippen MR) is 121 cm³/mol. The second-order valence-electron chi connectivity index (χ2n) is 7.42. The molecule has 10 nitrogen and oxygen atoms in total. The molecule has 0 radical (unpaired) electrons. The van der Waals surface area contributed by atoms with Gasteiger partial charge < -0.3 is 34.3 Å². The lowest BCUT2D eigenvalue weighted by Gasteiger charge is -2.39. The third-order valence-corrected chi connectivity index (χ3v) is 5.34. The molecule has 1 aliphatic heterocycles. The molecule has 0 unspecified atom stereocenters. The van der Waals surface area contributed by atoms with Crippen molar-refractivity contribution in [3.05, 3.63) is 57.8 Å². The van der Waals surface area contributed by atoms with Gasteiger partial charge in [-0.3, -0.25) is 9.78 Å². The van der Waals surface area contributed by atoms with Crippen LogP contribution in [-0.2, 0) is 25.6 Å². The fourth-order valence-corrected chi connectivity index (χ4v) is 3.54. The van der Waals surface area contributed by atoms with Crippen LogP contribution in [0.5, 0.6) is 5.75 Å². The fraction of sp³-hybridized carbons (Fsp3) is 0.409. The minimum absolute atomic E-state index is 0.0560. The van der Waals surface area contributed by atoms with Crippen LogP contribution >= 0.6 is 23.2 Å². The maximum atomic E-state index is 12.4. The van der Waals surface area contributed by atoms with Gasteiger partial charge in [-0.1, -0.05) is 23.2 Å². The van der Waals surface area contributed by atoms with Gasteiger partial charge in [0.1, 0.15) is 37.6 Å². The zero-order valence-electron chi connectivity index (χ0n) is 19.0. The molecule has 15 heteroatoms. The van der Waals surface area contributed by atoms with Gasteiger partial charge in [0.25, 0.3) is 0 Å². The van der Waals surface area contributed by atoms with Gasteiger partial charge in [-0.05, 0) is 29.8 Å². The standard InChI is InChI=1S/C20H21Cl2NO8.C2HF3O/c1-28-20-17(26)16(25)15(24)14(31-20)9-30-19(27)11-6-12(21)18(13(22)7-11)29-8-10-2-4-23-5-3-10;3-2(4,5)1-6/h2-7,14-17,20,24-26H,8-9H2,1H3;1H/t14-,15-,16+,17-,20-;/m1./s1. The molecule has 0 amide bonds. The third kappa shape index (κ3) is 9.07. The summed E-state index contributed by atoms with van der Waals surface area (Å²) >= 11 is 12.4. The summed E-state index contributed by atoms with van der Waals surface area (Å²) in [6.45, 7) is -0.198. The van der Waals surface area contributed by atoms with Crippen molar-refractivity contribution in [1.29, 1.82) is 0 Å². The molecule has 0 aliphatic carbocycles. The number of ether oxygens (including phenoxy) is 4. The monoisotopic (exact) mass is 571 g/mol. The number of aliphatic hydroxyl groups is 3. The van der Waals surface area contributed by atoms with Gasteiger partial charge in [0.15, 0.2) is 12.0 Å². The summed E-state index contributed by atoms with van der Waals surface area (Å²) in [4.78, 5) is 25.0. The van der Waals surface area contributed by atoms with Gasteiger partial charge in [0, 0.05) is 19.5 Å². The number of benzene rings is 1. The van der Waals surface area contributed by atoms with Crippen LogP contribution in [0, 0.1) is 0 Å². The van der Waals surface area contributed by atoms with Crippen LogP contribution in [0.2, 0.25) is 10.0 Å². The van der Waals surface area contributed by atoms with Gasteiger partial charge >= 0.3 is 12.1 Å². The Hall–Kier alpha value is -2.52. The molecule has 1 fully saturated rings. The summed E-state index contributed by atoms with van der Waals surface area (Å²) in [6.07, 6.45) is -9.18. The number of halogens is 5. The van der Waals surface area contributed by atoms with Crippen LogP contribution in [-0.4, -0.2) is 83.2 Å². The number of aliphatic hydroxyl groups excluding tert-OH is 3. The minimum Gasteiger partial charge on any atom is -0.486 e. The molecule has 2 aromatic rings. The Kier molecular flexibility index (Phi) is 11.5. The number of esters is 1. The number of aldehydes is 1. The molecule has 3 rings (SSSR count). The van der Waals surface area contributed by atoms with Crippen LogP contribution < -0.4 is 4.74 Å². The molecule has 2 heterocycles. The third-order valence-electron chi connectivity index (χ3n) is 4.78. The number of hydrogen-bond acceptors (Lipinski definition) is 10. The van der Waals surface area contributed by atoms with E-state index in [1.807, 2.05) is 0 Å². The average Bonchev–Trinajstić information content (AvgIpc) is 2.86. The van der Waals surface area contributed by atoms with E-state index >= 15 is 0 Å². The van der Waals surface area contributed by atoms with E-state index in [1.165, 1.54) is 19.2 Å². The molecule has 0 saturated carbocycles. The van der Waals surface area contributed by atoms with Crippen molar-refractivity contribution in [3.63, 3.8) is 0 Å². The smallest absolute Gasteiger partial charge is 0.446 e. The summed E-state index contributed by atoms with van der Waals surface area (Å²) in [6, 6.07) is 6.23. The van der Waals surface area contributed by atoms with E-state index in [4.69, 9.17) is 46.9 Å². The van der Waals surface area contributed by atoms with Crippen LogP contribution in [0.4, 0.5) is 13.2 Å². The van der Waals surface area contributed by atoms with E-state index in [0.717, 1.165) is 5.56 Å². The van der Waals surface area contributed by atoms with Gasteiger partial charge in [0.2, 0.25) is 6.29 Å². The number of hydrogen-bond donors (Lipinski definition) is 3. The number of aromatic nitrogens is 1. The zero-order valence-corrected chi connectivity index (χ0v) is 20.5. The summed E-state index contributed by atoms with van der Waals surface area (Å²) in [5, 5.41) is 29.9. The maximum absolute atomic E-state index is 12.4. The highest BCUT2D eigenvalue weighted by molar-refractivity contribution is 6.37. The number of alkyl halides is 3. The Morgan fingerprint density at radius 2 is 1.68 bits per heavy atom. The number of rotatable bonds is 7. The molecule has 3 N–H and O–H groups in total. The van der Waals surface area contributed by atoms with Gasteiger partial charge in [-0.15, -0.1) is 0 Å². The molecule has 37 heavy (non-hydrogen) atoms. The molecule has 5 atom stereocenters. The van der Waals surface area contributed by atoms with Crippen LogP contribution in [0.15, 0.2) is 36.7 Å².